The Bertz CT molecular complexity index is 1090. The minimum atomic E-state index is -0.0377. The minimum Gasteiger partial charge on any atom is -0.463 e. The molecule has 2 heterocycles. The number of nitrogens with zero attached hydrogens (tertiary/aromatic N) is 1. The molecular weight excluding hydrogens is 318 g/mol. The van der Waals surface area contributed by atoms with E-state index in [0.717, 1.165) is 21.7 Å². The Labute approximate surface area is 143 Å². The van der Waals surface area contributed by atoms with Gasteiger partial charge in [-0.05, 0) is 37.1 Å². The maximum absolute atomic E-state index is 12.8. The van der Waals surface area contributed by atoms with Gasteiger partial charge in [0, 0.05) is 10.9 Å². The van der Waals surface area contributed by atoms with E-state index in [1.807, 2.05) is 61.7 Å². The molecule has 3 nitrogen and oxygen atoms in total. The van der Waals surface area contributed by atoms with Crippen LogP contribution in [0.4, 0.5) is 0 Å². The van der Waals surface area contributed by atoms with Crippen LogP contribution in [0.2, 0.25) is 0 Å². The molecule has 118 valence electrons. The second-order valence-electron chi connectivity index (χ2n) is 5.82. The summed E-state index contributed by atoms with van der Waals surface area (Å²) in [5.74, 6) is 0. The van der Waals surface area contributed by atoms with Crippen molar-refractivity contribution in [3.05, 3.63) is 75.5 Å². The monoisotopic (exact) mass is 333 g/mol. The summed E-state index contributed by atoms with van der Waals surface area (Å²) in [6.07, 6.45) is 1.52. The fraction of sp³-hybridized carbons (Fsp3) is 0.100. The molecule has 2 aromatic carbocycles. The van der Waals surface area contributed by atoms with Crippen molar-refractivity contribution in [1.29, 1.82) is 0 Å². The van der Waals surface area contributed by atoms with Crippen LogP contribution in [0.1, 0.15) is 11.1 Å². The van der Waals surface area contributed by atoms with Crippen LogP contribution in [0.3, 0.4) is 0 Å². The highest BCUT2D eigenvalue weighted by Crippen LogP contribution is 2.28. The summed E-state index contributed by atoms with van der Waals surface area (Å²) in [5, 5.41) is 3.40. The standard InChI is InChI=1S/C20H15NO2S/c1-12-8-15-18(9-13(12)2)23-10-16(19(15)22)17-11-24-20(21-17)14-6-4-3-5-7-14/h3-11H,1-2H3. The van der Waals surface area contributed by atoms with Gasteiger partial charge in [-0.25, -0.2) is 4.98 Å². The Hall–Kier alpha value is -2.72. The molecule has 0 unspecified atom stereocenters. The van der Waals surface area contributed by atoms with Crippen LogP contribution in [-0.4, -0.2) is 4.98 Å². The lowest BCUT2D eigenvalue weighted by Gasteiger charge is -2.04. The summed E-state index contributed by atoms with van der Waals surface area (Å²) in [5.41, 5.74) is 4.98. The van der Waals surface area contributed by atoms with Gasteiger partial charge in [-0.2, -0.15) is 0 Å². The zero-order chi connectivity index (χ0) is 16.7. The number of hydrogen-bond acceptors (Lipinski definition) is 4. The Morgan fingerprint density at radius 3 is 2.58 bits per heavy atom. The van der Waals surface area contributed by atoms with E-state index in [1.54, 1.807) is 0 Å². The van der Waals surface area contributed by atoms with E-state index >= 15 is 0 Å². The van der Waals surface area contributed by atoms with E-state index in [0.29, 0.717) is 22.2 Å². The number of aryl methyl sites for hydroxylation is 2. The third-order valence-corrected chi connectivity index (χ3v) is 5.08. The maximum atomic E-state index is 12.8. The third kappa shape index (κ3) is 2.45. The maximum Gasteiger partial charge on any atom is 0.202 e. The number of benzene rings is 2. The van der Waals surface area contributed by atoms with Gasteiger partial charge in [-0.15, -0.1) is 11.3 Å². The van der Waals surface area contributed by atoms with Crippen molar-refractivity contribution in [3.63, 3.8) is 0 Å². The molecule has 4 heteroatoms. The van der Waals surface area contributed by atoms with Crippen molar-refractivity contribution in [1.82, 2.24) is 4.98 Å². The van der Waals surface area contributed by atoms with Gasteiger partial charge >= 0.3 is 0 Å². The number of aromatic nitrogens is 1. The quantitative estimate of drug-likeness (QED) is 0.506. The highest BCUT2D eigenvalue weighted by Gasteiger charge is 2.13. The molecule has 0 fully saturated rings. The topological polar surface area (TPSA) is 43.1 Å². The molecule has 0 N–H and O–H groups in total. The molecule has 0 spiro atoms. The lowest BCUT2D eigenvalue weighted by atomic mass is 10.1. The minimum absolute atomic E-state index is 0.0377. The van der Waals surface area contributed by atoms with Crippen LogP contribution in [0.5, 0.6) is 0 Å². The molecule has 0 radical (unpaired) electrons. The Kier molecular flexibility index (Phi) is 3.54. The summed E-state index contributed by atoms with van der Waals surface area (Å²) in [7, 11) is 0. The molecule has 0 bridgehead atoms. The highest BCUT2D eigenvalue weighted by atomic mass is 32.1. The SMILES string of the molecule is Cc1cc2occ(-c3csc(-c4ccccc4)n3)c(=O)c2cc1C. The molecule has 0 saturated heterocycles. The van der Waals surface area contributed by atoms with Gasteiger partial charge in [0.1, 0.15) is 16.9 Å². The van der Waals surface area contributed by atoms with Gasteiger partial charge in [0.25, 0.3) is 0 Å². The van der Waals surface area contributed by atoms with Crippen molar-refractivity contribution in [3.8, 4) is 21.8 Å². The largest absolute Gasteiger partial charge is 0.463 e. The second kappa shape index (κ2) is 5.73. The van der Waals surface area contributed by atoms with Crippen LogP contribution in [0.15, 0.2) is 63.3 Å². The molecule has 2 aromatic heterocycles. The Balaban J connectivity index is 1.86. The molecule has 0 aliphatic heterocycles. The Morgan fingerprint density at radius 1 is 1.04 bits per heavy atom. The van der Waals surface area contributed by atoms with Crippen molar-refractivity contribution in [2.75, 3.05) is 0 Å². The first-order valence-electron chi connectivity index (χ1n) is 7.67. The van der Waals surface area contributed by atoms with Crippen molar-refractivity contribution in [2.24, 2.45) is 0 Å². The first-order valence-corrected chi connectivity index (χ1v) is 8.55. The van der Waals surface area contributed by atoms with Gasteiger partial charge in [-0.3, -0.25) is 4.79 Å². The van der Waals surface area contributed by atoms with E-state index in [-0.39, 0.29) is 5.43 Å². The van der Waals surface area contributed by atoms with E-state index < -0.39 is 0 Å². The van der Waals surface area contributed by atoms with E-state index in [9.17, 15) is 4.79 Å². The molecule has 0 aliphatic carbocycles. The first-order chi connectivity index (χ1) is 11.6. The van der Waals surface area contributed by atoms with Gasteiger partial charge in [-0.1, -0.05) is 30.3 Å². The van der Waals surface area contributed by atoms with Crippen LogP contribution in [-0.2, 0) is 0 Å². The molecule has 4 aromatic rings. The fourth-order valence-corrected chi connectivity index (χ4v) is 3.50. The van der Waals surface area contributed by atoms with Crippen LogP contribution in [0.25, 0.3) is 32.8 Å². The van der Waals surface area contributed by atoms with Crippen molar-refractivity contribution in [2.45, 2.75) is 13.8 Å². The average Bonchev–Trinajstić information content (AvgIpc) is 3.08. The zero-order valence-corrected chi connectivity index (χ0v) is 14.2. The number of rotatable bonds is 2. The Morgan fingerprint density at radius 2 is 1.79 bits per heavy atom. The molecule has 0 aliphatic rings. The predicted octanol–water partition coefficient (Wildman–Crippen LogP) is 5.20. The van der Waals surface area contributed by atoms with Crippen molar-refractivity contribution >= 4 is 22.3 Å². The second-order valence-corrected chi connectivity index (χ2v) is 6.67. The molecule has 24 heavy (non-hydrogen) atoms. The van der Waals surface area contributed by atoms with Crippen molar-refractivity contribution < 1.29 is 4.42 Å². The van der Waals surface area contributed by atoms with Gasteiger partial charge < -0.3 is 4.42 Å². The normalized spacial score (nSPS) is 11.1. The van der Waals surface area contributed by atoms with E-state index in [1.165, 1.54) is 17.6 Å². The number of hydrogen-bond donors (Lipinski definition) is 0. The number of fused-ring (bicyclic) bond motifs is 1. The van der Waals surface area contributed by atoms with Gasteiger partial charge in [0.2, 0.25) is 5.43 Å². The summed E-state index contributed by atoms with van der Waals surface area (Å²) in [4.78, 5) is 17.5. The smallest absolute Gasteiger partial charge is 0.202 e. The van der Waals surface area contributed by atoms with Crippen LogP contribution >= 0.6 is 11.3 Å². The third-order valence-electron chi connectivity index (χ3n) is 4.19. The summed E-state index contributed by atoms with van der Waals surface area (Å²) in [6, 6.07) is 13.8. The zero-order valence-electron chi connectivity index (χ0n) is 13.4. The van der Waals surface area contributed by atoms with Crippen LogP contribution in [0, 0.1) is 13.8 Å². The highest BCUT2D eigenvalue weighted by molar-refractivity contribution is 7.13. The van der Waals surface area contributed by atoms with E-state index in [2.05, 4.69) is 4.98 Å². The summed E-state index contributed by atoms with van der Waals surface area (Å²) in [6.45, 7) is 4.01. The summed E-state index contributed by atoms with van der Waals surface area (Å²) >= 11 is 1.53. The lowest BCUT2D eigenvalue weighted by Crippen LogP contribution is -2.05. The fourth-order valence-electron chi connectivity index (χ4n) is 2.67. The molecule has 0 saturated carbocycles. The first kappa shape index (κ1) is 14.8. The molecule has 4 rings (SSSR count). The van der Waals surface area contributed by atoms with Gasteiger partial charge in [0.05, 0.1) is 16.6 Å². The summed E-state index contributed by atoms with van der Waals surface area (Å²) < 4.78 is 5.69. The molecule has 0 amide bonds. The van der Waals surface area contributed by atoms with E-state index in [4.69, 9.17) is 4.42 Å². The van der Waals surface area contributed by atoms with Gasteiger partial charge in [0.15, 0.2) is 0 Å². The average molecular weight is 333 g/mol. The van der Waals surface area contributed by atoms with Crippen LogP contribution < -0.4 is 5.43 Å². The molecule has 0 atom stereocenters. The predicted molar refractivity (Wildman–Crippen MR) is 98.5 cm³/mol. The molecular formula is C20H15NO2S. The lowest BCUT2D eigenvalue weighted by molar-refractivity contribution is 0.604. The number of thiazole rings is 1.